The van der Waals surface area contributed by atoms with Crippen molar-refractivity contribution in [1.82, 2.24) is 0 Å². The molecule has 9 heteroatoms. The van der Waals surface area contributed by atoms with Gasteiger partial charge >= 0.3 is 5.69 Å². The molecule has 1 heterocycles. The van der Waals surface area contributed by atoms with Gasteiger partial charge in [0.2, 0.25) is 0 Å². The molecule has 0 unspecified atom stereocenters. The van der Waals surface area contributed by atoms with Gasteiger partial charge in [-0.1, -0.05) is 5.11 Å². The predicted octanol–water partition coefficient (Wildman–Crippen LogP) is 2.67. The van der Waals surface area contributed by atoms with Gasteiger partial charge in [-0.15, -0.1) is 0 Å². The number of ether oxygens (including phenoxy) is 2. The van der Waals surface area contributed by atoms with Crippen LogP contribution in [0, 0.1) is 10.1 Å². The van der Waals surface area contributed by atoms with E-state index in [1.54, 1.807) is 0 Å². The molecular weight excluding hydrogens is 254 g/mol. The number of rotatable bonds is 2. The summed E-state index contributed by atoms with van der Waals surface area (Å²) in [6.45, 7) is 0.849. The molecule has 1 aromatic rings. The number of fused-ring (bicyclic) bond motifs is 1. The van der Waals surface area contributed by atoms with Crippen molar-refractivity contribution >= 4 is 17.1 Å². The molecule has 0 atom stereocenters. The molecule has 0 spiro atoms. The van der Waals surface area contributed by atoms with Crippen LogP contribution in [0.25, 0.3) is 10.4 Å². The monoisotopic (exact) mass is 265 g/mol. The number of nitro benzene ring substituents is 1. The van der Waals surface area contributed by atoms with E-state index in [1.165, 1.54) is 6.07 Å². The predicted molar refractivity (Wildman–Crippen MR) is 66.5 cm³/mol. The van der Waals surface area contributed by atoms with E-state index in [4.69, 9.17) is 20.7 Å². The molecule has 100 valence electrons. The largest absolute Gasteiger partial charge is 0.490 e. The van der Waals surface area contributed by atoms with Crippen LogP contribution in [0.1, 0.15) is 12.8 Å². The standard InChI is InChI=1S/C10H11N5O4/c11-8-9(15(16)17)6(13-14-12)5-7-10(8)19-4-2-1-3-18-7/h5H,1-4,11H2. The molecule has 0 aliphatic carbocycles. The summed E-state index contributed by atoms with van der Waals surface area (Å²) >= 11 is 0. The van der Waals surface area contributed by atoms with Gasteiger partial charge in [-0.3, -0.25) is 10.1 Å². The summed E-state index contributed by atoms with van der Waals surface area (Å²) < 4.78 is 10.8. The number of benzene rings is 1. The molecular formula is C10H11N5O4. The summed E-state index contributed by atoms with van der Waals surface area (Å²) in [4.78, 5) is 12.8. The third-order valence-corrected chi connectivity index (χ3v) is 2.61. The second kappa shape index (κ2) is 5.32. The van der Waals surface area contributed by atoms with E-state index in [0.29, 0.717) is 13.2 Å². The Kier molecular flexibility index (Phi) is 3.58. The molecule has 0 saturated carbocycles. The van der Waals surface area contributed by atoms with E-state index in [2.05, 4.69) is 10.0 Å². The summed E-state index contributed by atoms with van der Waals surface area (Å²) in [5, 5.41) is 14.3. The minimum absolute atomic E-state index is 0.128. The van der Waals surface area contributed by atoms with Crippen LogP contribution in [0.15, 0.2) is 11.2 Å². The van der Waals surface area contributed by atoms with Gasteiger partial charge in [-0.2, -0.15) is 0 Å². The lowest BCUT2D eigenvalue weighted by Gasteiger charge is -2.18. The van der Waals surface area contributed by atoms with Crippen molar-refractivity contribution in [1.29, 1.82) is 0 Å². The highest BCUT2D eigenvalue weighted by molar-refractivity contribution is 5.81. The van der Waals surface area contributed by atoms with Crippen LogP contribution in [0.4, 0.5) is 17.1 Å². The molecule has 1 aliphatic rings. The molecule has 2 rings (SSSR count). The number of nitro groups is 1. The molecule has 0 amide bonds. The van der Waals surface area contributed by atoms with Crippen molar-refractivity contribution in [3.05, 3.63) is 26.6 Å². The Hall–Kier alpha value is -2.67. The third kappa shape index (κ3) is 2.45. The van der Waals surface area contributed by atoms with Crippen LogP contribution in [0.2, 0.25) is 0 Å². The number of nitrogens with two attached hydrogens (primary N) is 1. The van der Waals surface area contributed by atoms with Crippen LogP contribution in [-0.4, -0.2) is 18.1 Å². The SMILES string of the molecule is [N-]=[N+]=Nc1cc2c(c(N)c1[N+](=O)[O-])OCCCCO2. The molecule has 0 radical (unpaired) electrons. The zero-order valence-corrected chi connectivity index (χ0v) is 9.90. The van der Waals surface area contributed by atoms with E-state index >= 15 is 0 Å². The first-order valence-electron chi connectivity index (χ1n) is 5.56. The molecule has 1 aliphatic heterocycles. The first-order valence-corrected chi connectivity index (χ1v) is 5.56. The lowest BCUT2D eigenvalue weighted by Crippen LogP contribution is -2.11. The maximum Gasteiger partial charge on any atom is 0.305 e. The van der Waals surface area contributed by atoms with Gasteiger partial charge < -0.3 is 15.2 Å². The van der Waals surface area contributed by atoms with Gasteiger partial charge in [0.05, 0.1) is 18.1 Å². The van der Waals surface area contributed by atoms with Gasteiger partial charge in [0.25, 0.3) is 0 Å². The van der Waals surface area contributed by atoms with Gasteiger partial charge in [-0.25, -0.2) is 0 Å². The Morgan fingerprint density at radius 1 is 1.42 bits per heavy atom. The summed E-state index contributed by atoms with van der Waals surface area (Å²) in [6.07, 6.45) is 1.57. The molecule has 0 saturated heterocycles. The van der Waals surface area contributed by atoms with E-state index in [-0.39, 0.29) is 22.9 Å². The molecule has 0 fully saturated rings. The molecule has 2 N–H and O–H groups in total. The summed E-state index contributed by atoms with van der Waals surface area (Å²) in [7, 11) is 0. The number of hydrogen-bond acceptors (Lipinski definition) is 6. The Bertz CT molecular complexity index is 568. The fourth-order valence-corrected chi connectivity index (χ4v) is 1.77. The average Bonchev–Trinajstić information content (AvgIpc) is 2.31. The number of nitrogens with zero attached hydrogens (tertiary/aromatic N) is 4. The normalized spacial score (nSPS) is 13.9. The Morgan fingerprint density at radius 2 is 2.11 bits per heavy atom. The maximum atomic E-state index is 11.0. The van der Waals surface area contributed by atoms with Crippen molar-refractivity contribution in [3.8, 4) is 11.5 Å². The second-order valence-corrected chi connectivity index (χ2v) is 3.84. The van der Waals surface area contributed by atoms with Crippen LogP contribution in [-0.2, 0) is 0 Å². The maximum absolute atomic E-state index is 11.0. The highest BCUT2D eigenvalue weighted by Gasteiger charge is 2.26. The lowest BCUT2D eigenvalue weighted by molar-refractivity contribution is -0.383. The van der Waals surface area contributed by atoms with Gasteiger partial charge in [-0.05, 0) is 18.4 Å². The smallest absolute Gasteiger partial charge is 0.305 e. The van der Waals surface area contributed by atoms with Gasteiger partial charge in [0.1, 0.15) is 5.69 Å². The van der Waals surface area contributed by atoms with Gasteiger partial charge in [0.15, 0.2) is 17.2 Å². The highest BCUT2D eigenvalue weighted by Crippen LogP contribution is 2.47. The fourth-order valence-electron chi connectivity index (χ4n) is 1.77. The molecule has 9 nitrogen and oxygen atoms in total. The van der Waals surface area contributed by atoms with Crippen LogP contribution in [0.3, 0.4) is 0 Å². The first-order chi connectivity index (χ1) is 9.15. The molecule has 1 aromatic carbocycles. The van der Waals surface area contributed by atoms with E-state index in [1.807, 2.05) is 0 Å². The molecule has 19 heavy (non-hydrogen) atoms. The Morgan fingerprint density at radius 3 is 2.74 bits per heavy atom. The summed E-state index contributed by atoms with van der Waals surface area (Å²) in [5.41, 5.74) is 13.3. The lowest BCUT2D eigenvalue weighted by atomic mass is 10.2. The minimum Gasteiger partial charge on any atom is -0.490 e. The Labute approximate surface area is 107 Å². The second-order valence-electron chi connectivity index (χ2n) is 3.84. The van der Waals surface area contributed by atoms with Crippen LogP contribution in [0.5, 0.6) is 11.5 Å². The fraction of sp³-hybridized carbons (Fsp3) is 0.400. The van der Waals surface area contributed by atoms with E-state index < -0.39 is 10.6 Å². The Balaban J connectivity index is 2.64. The van der Waals surface area contributed by atoms with Crippen molar-refractivity contribution in [3.63, 3.8) is 0 Å². The summed E-state index contributed by atoms with van der Waals surface area (Å²) in [5.74, 6) is 0.383. The highest BCUT2D eigenvalue weighted by atomic mass is 16.6. The minimum atomic E-state index is -0.707. The quantitative estimate of drug-likeness (QED) is 0.219. The van der Waals surface area contributed by atoms with E-state index in [9.17, 15) is 10.1 Å². The van der Waals surface area contributed by atoms with Crippen LogP contribution < -0.4 is 15.2 Å². The van der Waals surface area contributed by atoms with Crippen molar-refractivity contribution in [2.75, 3.05) is 18.9 Å². The number of hydrogen-bond donors (Lipinski definition) is 1. The zero-order chi connectivity index (χ0) is 13.8. The zero-order valence-electron chi connectivity index (χ0n) is 9.90. The topological polar surface area (TPSA) is 136 Å². The molecule has 0 aromatic heterocycles. The van der Waals surface area contributed by atoms with Crippen LogP contribution >= 0.6 is 0 Å². The average molecular weight is 265 g/mol. The number of nitrogen functional groups attached to an aromatic ring is 1. The third-order valence-electron chi connectivity index (χ3n) is 2.61. The number of anilines is 1. The van der Waals surface area contributed by atoms with Crippen molar-refractivity contribution < 1.29 is 14.4 Å². The van der Waals surface area contributed by atoms with Gasteiger partial charge in [0, 0.05) is 11.0 Å². The van der Waals surface area contributed by atoms with Crippen molar-refractivity contribution in [2.45, 2.75) is 12.8 Å². The van der Waals surface area contributed by atoms with Crippen molar-refractivity contribution in [2.24, 2.45) is 5.11 Å². The summed E-state index contributed by atoms with van der Waals surface area (Å²) in [6, 6.07) is 1.27. The molecule has 0 bridgehead atoms. The van der Waals surface area contributed by atoms with E-state index in [0.717, 1.165) is 12.8 Å². The number of azide groups is 1. The first kappa shape index (κ1) is 12.8.